The molecule has 4 heteroatoms. The lowest BCUT2D eigenvalue weighted by Crippen LogP contribution is -2.00. The monoisotopic (exact) mass is 211 g/mol. The Hall–Kier alpha value is -1.35. The quantitative estimate of drug-likeness (QED) is 0.570. The Morgan fingerprint density at radius 1 is 1.64 bits per heavy atom. The zero-order chi connectivity index (χ0) is 10.6. The van der Waals surface area contributed by atoms with Gasteiger partial charge in [-0.25, -0.2) is 4.98 Å². The molecule has 0 fully saturated rings. The van der Waals surface area contributed by atoms with E-state index in [2.05, 4.69) is 4.98 Å². The predicted octanol–water partition coefficient (Wildman–Crippen LogP) is 2.50. The van der Waals surface area contributed by atoms with Crippen molar-refractivity contribution in [3.8, 4) is 5.88 Å². The zero-order valence-corrected chi connectivity index (χ0v) is 8.71. The van der Waals surface area contributed by atoms with Gasteiger partial charge >= 0.3 is 0 Å². The van der Waals surface area contributed by atoms with Gasteiger partial charge in [-0.15, -0.1) is 0 Å². The van der Waals surface area contributed by atoms with E-state index in [1.165, 1.54) is 25.4 Å². The molecule has 0 radical (unpaired) electrons. The summed E-state index contributed by atoms with van der Waals surface area (Å²) < 4.78 is 4.94. The van der Waals surface area contributed by atoms with E-state index in [1.807, 2.05) is 0 Å². The predicted molar refractivity (Wildman–Crippen MR) is 54.9 cm³/mol. The molecule has 0 aromatic carbocycles. The third-order valence-corrected chi connectivity index (χ3v) is 1.80. The molecule has 1 heterocycles. The summed E-state index contributed by atoms with van der Waals surface area (Å²) in [7, 11) is 1.46. The number of halogens is 1. The van der Waals surface area contributed by atoms with Gasteiger partial charge in [-0.05, 0) is 19.1 Å². The van der Waals surface area contributed by atoms with Crippen LogP contribution >= 0.6 is 11.6 Å². The number of allylic oxidation sites excluding steroid dienone is 2. The molecule has 0 spiro atoms. The Morgan fingerprint density at radius 2 is 2.36 bits per heavy atom. The molecule has 0 unspecified atom stereocenters. The number of ketones is 1. The first-order chi connectivity index (χ1) is 6.69. The van der Waals surface area contributed by atoms with Crippen molar-refractivity contribution in [3.05, 3.63) is 35.0 Å². The largest absolute Gasteiger partial charge is 0.480 e. The molecule has 0 aliphatic heterocycles. The molecule has 74 valence electrons. The second-order valence-electron chi connectivity index (χ2n) is 2.57. The van der Waals surface area contributed by atoms with Crippen LogP contribution < -0.4 is 4.74 Å². The molecule has 0 saturated heterocycles. The van der Waals surface area contributed by atoms with Crippen LogP contribution in [0.2, 0.25) is 5.02 Å². The highest BCUT2D eigenvalue weighted by Gasteiger charge is 2.11. The summed E-state index contributed by atoms with van der Waals surface area (Å²) in [5, 5.41) is 0.415. The van der Waals surface area contributed by atoms with Crippen LogP contribution in [0.3, 0.4) is 0 Å². The maximum Gasteiger partial charge on any atom is 0.224 e. The topological polar surface area (TPSA) is 39.2 Å². The van der Waals surface area contributed by atoms with E-state index in [9.17, 15) is 4.79 Å². The van der Waals surface area contributed by atoms with Crippen LogP contribution in [0.5, 0.6) is 5.88 Å². The molecule has 0 bridgehead atoms. The van der Waals surface area contributed by atoms with Gasteiger partial charge in [0, 0.05) is 6.20 Å². The van der Waals surface area contributed by atoms with Crippen LogP contribution in [0.4, 0.5) is 0 Å². The zero-order valence-electron chi connectivity index (χ0n) is 7.95. The number of pyridine rings is 1. The number of carbonyl (C=O) groups is 1. The van der Waals surface area contributed by atoms with Gasteiger partial charge in [0.1, 0.15) is 0 Å². The van der Waals surface area contributed by atoms with Crippen molar-refractivity contribution < 1.29 is 9.53 Å². The van der Waals surface area contributed by atoms with Crippen molar-refractivity contribution in [1.29, 1.82) is 0 Å². The fourth-order valence-corrected chi connectivity index (χ4v) is 1.16. The average molecular weight is 212 g/mol. The third kappa shape index (κ3) is 2.33. The summed E-state index contributed by atoms with van der Waals surface area (Å²) in [6.07, 6.45) is 4.53. The number of ether oxygens (including phenoxy) is 1. The molecule has 0 saturated carbocycles. The van der Waals surface area contributed by atoms with Crippen LogP contribution in [0.1, 0.15) is 17.3 Å². The maximum absolute atomic E-state index is 11.5. The Kier molecular flexibility index (Phi) is 3.65. The molecule has 0 aliphatic carbocycles. The minimum atomic E-state index is -0.167. The molecular formula is C10H10ClNO2. The molecule has 0 atom stereocenters. The van der Waals surface area contributed by atoms with E-state index >= 15 is 0 Å². The molecule has 0 N–H and O–H groups in total. The van der Waals surface area contributed by atoms with Crippen LogP contribution in [-0.2, 0) is 0 Å². The van der Waals surface area contributed by atoms with Gasteiger partial charge in [-0.3, -0.25) is 4.79 Å². The first-order valence-corrected chi connectivity index (χ1v) is 4.43. The fraction of sp³-hybridized carbons (Fsp3) is 0.200. The molecule has 14 heavy (non-hydrogen) atoms. The minimum Gasteiger partial charge on any atom is -0.480 e. The lowest BCUT2D eigenvalue weighted by Gasteiger charge is -2.03. The number of carbonyl (C=O) groups excluding carboxylic acids is 1. The number of hydrogen-bond donors (Lipinski definition) is 0. The number of methoxy groups -OCH3 is 1. The molecule has 1 aromatic heterocycles. The van der Waals surface area contributed by atoms with Crippen LogP contribution in [0, 0.1) is 0 Å². The normalized spacial score (nSPS) is 10.5. The summed E-state index contributed by atoms with van der Waals surface area (Å²) in [5.74, 6) is 0.122. The standard InChI is InChI=1S/C10H10ClNO2/c1-3-4-9(13)8-5-7(11)6-12-10(8)14-2/h3-6H,1-2H3. The van der Waals surface area contributed by atoms with Gasteiger partial charge < -0.3 is 4.74 Å². The SMILES string of the molecule is CC=CC(=O)c1cc(Cl)cnc1OC. The summed E-state index contributed by atoms with van der Waals surface area (Å²) in [5.41, 5.74) is 0.373. The van der Waals surface area contributed by atoms with Crippen molar-refractivity contribution in [2.45, 2.75) is 6.92 Å². The van der Waals surface area contributed by atoms with Gasteiger partial charge in [-0.2, -0.15) is 0 Å². The highest BCUT2D eigenvalue weighted by atomic mass is 35.5. The molecule has 1 rings (SSSR count). The van der Waals surface area contributed by atoms with Gasteiger partial charge in [0.05, 0.1) is 17.7 Å². The first kappa shape index (κ1) is 10.7. The van der Waals surface area contributed by atoms with Gasteiger partial charge in [0.2, 0.25) is 5.88 Å². The Labute approximate surface area is 87.4 Å². The molecule has 3 nitrogen and oxygen atoms in total. The van der Waals surface area contributed by atoms with Gasteiger partial charge in [0.15, 0.2) is 5.78 Å². The van der Waals surface area contributed by atoms with Crippen molar-refractivity contribution in [2.75, 3.05) is 7.11 Å². The van der Waals surface area contributed by atoms with Crippen molar-refractivity contribution in [3.63, 3.8) is 0 Å². The maximum atomic E-state index is 11.5. The summed E-state index contributed by atoms with van der Waals surface area (Å²) in [4.78, 5) is 15.4. The summed E-state index contributed by atoms with van der Waals surface area (Å²) in [6, 6.07) is 1.54. The molecule has 0 aliphatic rings. The highest BCUT2D eigenvalue weighted by Crippen LogP contribution is 2.19. The highest BCUT2D eigenvalue weighted by molar-refractivity contribution is 6.31. The number of hydrogen-bond acceptors (Lipinski definition) is 3. The first-order valence-electron chi connectivity index (χ1n) is 4.05. The summed E-state index contributed by atoms with van der Waals surface area (Å²) >= 11 is 5.72. The van der Waals surface area contributed by atoms with Gasteiger partial charge in [0.25, 0.3) is 0 Å². The Morgan fingerprint density at radius 3 is 2.93 bits per heavy atom. The lowest BCUT2D eigenvalue weighted by molar-refractivity contribution is 0.104. The fourth-order valence-electron chi connectivity index (χ4n) is 1.01. The van der Waals surface area contributed by atoms with Crippen molar-refractivity contribution in [1.82, 2.24) is 4.98 Å². The molecule has 0 amide bonds. The Balaban J connectivity index is 3.16. The van der Waals surface area contributed by atoms with E-state index < -0.39 is 0 Å². The molecule has 1 aromatic rings. The van der Waals surface area contributed by atoms with Crippen LogP contribution in [-0.4, -0.2) is 17.9 Å². The number of rotatable bonds is 3. The van der Waals surface area contributed by atoms with Gasteiger partial charge in [-0.1, -0.05) is 17.7 Å². The lowest BCUT2D eigenvalue weighted by atomic mass is 10.1. The third-order valence-electron chi connectivity index (χ3n) is 1.59. The number of aromatic nitrogens is 1. The van der Waals surface area contributed by atoms with E-state index in [0.717, 1.165) is 0 Å². The van der Waals surface area contributed by atoms with E-state index in [-0.39, 0.29) is 11.7 Å². The van der Waals surface area contributed by atoms with E-state index in [4.69, 9.17) is 16.3 Å². The smallest absolute Gasteiger partial charge is 0.224 e. The van der Waals surface area contributed by atoms with Crippen molar-refractivity contribution in [2.24, 2.45) is 0 Å². The Bertz CT molecular complexity index is 374. The summed E-state index contributed by atoms with van der Waals surface area (Å²) in [6.45, 7) is 1.77. The average Bonchev–Trinajstić information content (AvgIpc) is 2.18. The second-order valence-corrected chi connectivity index (χ2v) is 3.01. The van der Waals surface area contributed by atoms with E-state index in [1.54, 1.807) is 13.0 Å². The van der Waals surface area contributed by atoms with E-state index in [0.29, 0.717) is 10.6 Å². The molecular weight excluding hydrogens is 202 g/mol. The number of nitrogens with zero attached hydrogens (tertiary/aromatic N) is 1. The van der Waals surface area contributed by atoms with Crippen LogP contribution in [0.25, 0.3) is 0 Å². The van der Waals surface area contributed by atoms with Crippen molar-refractivity contribution >= 4 is 17.4 Å². The second kappa shape index (κ2) is 4.77. The van der Waals surface area contributed by atoms with Crippen LogP contribution in [0.15, 0.2) is 24.4 Å². The minimum absolute atomic E-state index is 0.167.